The molecular formula is C51H105N2O6P. The highest BCUT2D eigenvalue weighted by atomic mass is 31.2. The Kier molecular flexibility index (Phi) is 43.4. The molecule has 360 valence electrons. The summed E-state index contributed by atoms with van der Waals surface area (Å²) in [4.78, 5) is 25.4. The molecule has 0 saturated heterocycles. The van der Waals surface area contributed by atoms with E-state index in [1.165, 1.54) is 205 Å². The Bertz CT molecular complexity index is 947. The van der Waals surface area contributed by atoms with Crippen LogP contribution >= 0.6 is 7.82 Å². The predicted octanol–water partition coefficient (Wildman–Crippen LogP) is 14.7. The first-order valence-electron chi connectivity index (χ1n) is 26.4. The van der Waals surface area contributed by atoms with Crippen molar-refractivity contribution in [2.45, 2.75) is 283 Å². The predicted molar refractivity (Wildman–Crippen MR) is 256 cm³/mol. The van der Waals surface area contributed by atoms with E-state index in [4.69, 9.17) is 9.05 Å². The van der Waals surface area contributed by atoms with Gasteiger partial charge in [0.15, 0.2) is 0 Å². The quantitative estimate of drug-likeness (QED) is 0.0358. The van der Waals surface area contributed by atoms with Gasteiger partial charge in [0.2, 0.25) is 5.91 Å². The number of nitrogens with one attached hydrogen (secondary N) is 1. The number of aliphatic hydroxyl groups is 1. The third-order valence-corrected chi connectivity index (χ3v) is 13.3. The standard InChI is InChI=1S/C51H105N2O6P/c1-6-8-10-12-14-16-18-19-20-21-22-23-24-25-26-27-28-29-30-31-32-33-34-35-37-39-41-43-45-51(55)52-49(48-59-60(56,57)58-47-46-53(3,4)5)50(54)44-42-40-38-36-17-15-13-11-9-7-2/h49-50,54H,6-48H2,1-5H3,(H-,52,55,56,57)/t49-,50+/m0/s1. The van der Waals surface area contributed by atoms with Gasteiger partial charge in [-0.15, -0.1) is 0 Å². The highest BCUT2D eigenvalue weighted by molar-refractivity contribution is 7.45. The molecule has 0 aromatic rings. The number of phosphoric acid groups is 1. The van der Waals surface area contributed by atoms with E-state index < -0.39 is 20.0 Å². The van der Waals surface area contributed by atoms with Crippen LogP contribution in [0.2, 0.25) is 0 Å². The van der Waals surface area contributed by atoms with Crippen molar-refractivity contribution >= 4 is 13.7 Å². The fourth-order valence-electron chi connectivity index (χ4n) is 8.16. The lowest BCUT2D eigenvalue weighted by molar-refractivity contribution is -0.870. The van der Waals surface area contributed by atoms with E-state index in [0.29, 0.717) is 23.9 Å². The molecule has 1 amide bonds. The molecule has 1 unspecified atom stereocenters. The number of carbonyl (C=O) groups is 1. The van der Waals surface area contributed by atoms with Gasteiger partial charge < -0.3 is 28.8 Å². The minimum absolute atomic E-state index is 0.0160. The van der Waals surface area contributed by atoms with Crippen molar-refractivity contribution in [3.8, 4) is 0 Å². The first-order valence-corrected chi connectivity index (χ1v) is 27.8. The summed E-state index contributed by atoms with van der Waals surface area (Å²) in [7, 11) is 1.32. The van der Waals surface area contributed by atoms with Gasteiger partial charge in [-0.25, -0.2) is 0 Å². The maximum Gasteiger partial charge on any atom is 0.268 e. The van der Waals surface area contributed by atoms with E-state index >= 15 is 0 Å². The van der Waals surface area contributed by atoms with E-state index in [1.54, 1.807) is 0 Å². The number of amides is 1. The summed E-state index contributed by atoms with van der Waals surface area (Å²) < 4.78 is 23.3. The van der Waals surface area contributed by atoms with Gasteiger partial charge in [-0.2, -0.15) is 0 Å². The van der Waals surface area contributed by atoms with Crippen molar-refractivity contribution < 1.29 is 32.9 Å². The molecule has 3 atom stereocenters. The molecule has 0 aliphatic carbocycles. The summed E-state index contributed by atoms with van der Waals surface area (Å²) in [6.07, 6.45) is 50.0. The molecule has 0 aliphatic rings. The van der Waals surface area contributed by atoms with Crippen LogP contribution < -0.4 is 10.2 Å². The van der Waals surface area contributed by atoms with Crippen LogP contribution in [-0.4, -0.2) is 68.5 Å². The third-order valence-electron chi connectivity index (χ3n) is 12.3. The number of hydrogen-bond donors (Lipinski definition) is 2. The Labute approximate surface area is 374 Å². The molecule has 2 N–H and O–H groups in total. The number of hydrogen-bond acceptors (Lipinski definition) is 6. The van der Waals surface area contributed by atoms with Crippen molar-refractivity contribution in [1.82, 2.24) is 5.32 Å². The van der Waals surface area contributed by atoms with E-state index in [1.807, 2.05) is 21.1 Å². The SMILES string of the molecule is CCCCCCCCCCCCCCCCCCCCCCCCCCCCCCC(=O)N[C@@H](COP(=O)([O-])OCC[N+](C)(C)C)[C@H](O)CCCCCCCCCCCC. The number of carbonyl (C=O) groups excluding carboxylic acids is 1. The lowest BCUT2D eigenvalue weighted by atomic mass is 10.0. The zero-order valence-corrected chi connectivity index (χ0v) is 41.8. The smallest absolute Gasteiger partial charge is 0.268 e. The molecule has 0 spiro atoms. The maximum atomic E-state index is 12.9. The summed E-state index contributed by atoms with van der Waals surface area (Å²) in [6.45, 7) is 4.74. The number of aliphatic hydroxyl groups excluding tert-OH is 1. The van der Waals surface area contributed by atoms with Gasteiger partial charge in [-0.1, -0.05) is 251 Å². The number of unbranched alkanes of at least 4 members (excludes halogenated alkanes) is 36. The third kappa shape index (κ3) is 45.5. The normalized spacial score (nSPS) is 14.1. The molecule has 60 heavy (non-hydrogen) atoms. The number of quaternary nitrogens is 1. The molecule has 0 rings (SSSR count). The minimum Gasteiger partial charge on any atom is -0.756 e. The van der Waals surface area contributed by atoms with E-state index in [-0.39, 0.29) is 19.1 Å². The van der Waals surface area contributed by atoms with Gasteiger partial charge in [0.25, 0.3) is 7.82 Å². The molecule has 9 heteroatoms. The summed E-state index contributed by atoms with van der Waals surface area (Å²) in [6, 6.07) is -0.792. The second-order valence-electron chi connectivity index (χ2n) is 19.6. The van der Waals surface area contributed by atoms with Crippen LogP contribution in [-0.2, 0) is 18.4 Å². The average Bonchev–Trinajstić information content (AvgIpc) is 3.20. The van der Waals surface area contributed by atoms with Crippen LogP contribution in [0.5, 0.6) is 0 Å². The van der Waals surface area contributed by atoms with Crippen LogP contribution in [0.1, 0.15) is 271 Å². The molecular weight excluding hydrogens is 768 g/mol. The van der Waals surface area contributed by atoms with Crippen molar-refractivity contribution in [3.63, 3.8) is 0 Å². The molecule has 0 heterocycles. The van der Waals surface area contributed by atoms with Gasteiger partial charge in [0, 0.05) is 6.42 Å². The minimum atomic E-state index is -4.56. The molecule has 8 nitrogen and oxygen atoms in total. The van der Waals surface area contributed by atoms with Gasteiger partial charge in [-0.3, -0.25) is 9.36 Å². The summed E-state index contributed by atoms with van der Waals surface area (Å²) >= 11 is 0. The second kappa shape index (κ2) is 43.7. The number of rotatable bonds is 49. The lowest BCUT2D eigenvalue weighted by Crippen LogP contribution is -2.46. The number of nitrogens with zero attached hydrogens (tertiary/aromatic N) is 1. The zero-order valence-electron chi connectivity index (χ0n) is 40.9. The average molecular weight is 873 g/mol. The van der Waals surface area contributed by atoms with Gasteiger partial charge in [0.1, 0.15) is 13.2 Å². The molecule has 0 radical (unpaired) electrons. The summed E-state index contributed by atoms with van der Waals surface area (Å²) in [5, 5.41) is 13.9. The van der Waals surface area contributed by atoms with E-state index in [0.717, 1.165) is 38.5 Å². The highest BCUT2D eigenvalue weighted by Gasteiger charge is 2.24. The van der Waals surface area contributed by atoms with Crippen molar-refractivity contribution in [2.75, 3.05) is 40.9 Å². The molecule has 0 bridgehead atoms. The lowest BCUT2D eigenvalue weighted by Gasteiger charge is -2.30. The van der Waals surface area contributed by atoms with Crippen molar-refractivity contribution in [1.29, 1.82) is 0 Å². The number of likely N-dealkylation sites (N-methyl/N-ethyl adjacent to an activating group) is 1. The van der Waals surface area contributed by atoms with Gasteiger partial charge >= 0.3 is 0 Å². The zero-order chi connectivity index (χ0) is 44.3. The molecule has 0 saturated carbocycles. The first-order chi connectivity index (χ1) is 29.0. The fourth-order valence-corrected chi connectivity index (χ4v) is 8.88. The molecule has 0 fully saturated rings. The number of phosphoric ester groups is 1. The van der Waals surface area contributed by atoms with Crippen molar-refractivity contribution in [3.05, 3.63) is 0 Å². The van der Waals surface area contributed by atoms with Crippen LogP contribution in [0.25, 0.3) is 0 Å². The molecule has 0 aromatic carbocycles. The Balaban J connectivity index is 3.97. The highest BCUT2D eigenvalue weighted by Crippen LogP contribution is 2.38. The maximum absolute atomic E-state index is 12.9. The van der Waals surface area contributed by atoms with Crippen molar-refractivity contribution in [2.24, 2.45) is 0 Å². The largest absolute Gasteiger partial charge is 0.756 e. The summed E-state index contributed by atoms with van der Waals surface area (Å²) in [5.41, 5.74) is 0. The van der Waals surface area contributed by atoms with Crippen LogP contribution in [0.15, 0.2) is 0 Å². The first kappa shape index (κ1) is 59.5. The molecule has 0 aromatic heterocycles. The Morgan fingerprint density at radius 3 is 1.13 bits per heavy atom. The Morgan fingerprint density at radius 1 is 0.517 bits per heavy atom. The fraction of sp³-hybridized carbons (Fsp3) is 0.980. The van der Waals surface area contributed by atoms with E-state index in [2.05, 4.69) is 19.2 Å². The second-order valence-corrected chi connectivity index (χ2v) is 21.0. The summed E-state index contributed by atoms with van der Waals surface area (Å²) in [5.74, 6) is -0.160. The van der Waals surface area contributed by atoms with Crippen LogP contribution in [0, 0.1) is 0 Å². The van der Waals surface area contributed by atoms with Crippen LogP contribution in [0.4, 0.5) is 0 Å². The molecule has 0 aliphatic heterocycles. The van der Waals surface area contributed by atoms with Crippen LogP contribution in [0.3, 0.4) is 0 Å². The van der Waals surface area contributed by atoms with E-state index in [9.17, 15) is 19.4 Å². The van der Waals surface area contributed by atoms with Gasteiger partial charge in [0.05, 0.1) is 39.9 Å². The topological polar surface area (TPSA) is 108 Å². The van der Waals surface area contributed by atoms with Gasteiger partial charge in [-0.05, 0) is 12.8 Å². The monoisotopic (exact) mass is 873 g/mol. The Morgan fingerprint density at radius 2 is 0.817 bits per heavy atom. The Hall–Kier alpha value is -0.500.